The molecular formula is C20H21N5O3S. The van der Waals surface area contributed by atoms with Crippen LogP contribution in [-0.4, -0.2) is 44.3 Å². The molecule has 1 aromatic heterocycles. The van der Waals surface area contributed by atoms with E-state index in [4.69, 9.17) is 4.74 Å². The van der Waals surface area contributed by atoms with Gasteiger partial charge in [-0.2, -0.15) is 4.68 Å². The Bertz CT molecular complexity index is 1050. The lowest BCUT2D eigenvalue weighted by atomic mass is 10.1. The number of rotatable bonds is 7. The predicted molar refractivity (Wildman–Crippen MR) is 111 cm³/mol. The van der Waals surface area contributed by atoms with E-state index in [2.05, 4.69) is 20.8 Å². The summed E-state index contributed by atoms with van der Waals surface area (Å²) in [4.78, 5) is 24.5. The van der Waals surface area contributed by atoms with Crippen molar-refractivity contribution in [1.29, 1.82) is 0 Å². The van der Waals surface area contributed by atoms with Gasteiger partial charge in [0.1, 0.15) is 11.4 Å². The molecule has 1 N–H and O–H groups in total. The van der Waals surface area contributed by atoms with Crippen LogP contribution in [0.25, 0.3) is 5.69 Å². The molecule has 0 aliphatic rings. The van der Waals surface area contributed by atoms with Crippen molar-refractivity contribution < 1.29 is 14.3 Å². The maximum atomic E-state index is 12.7. The number of carbonyl (C=O) groups is 2. The van der Waals surface area contributed by atoms with Crippen molar-refractivity contribution in [3.05, 3.63) is 53.6 Å². The lowest BCUT2D eigenvalue weighted by molar-refractivity contribution is -0.115. The van der Waals surface area contributed by atoms with E-state index in [0.29, 0.717) is 27.8 Å². The van der Waals surface area contributed by atoms with Gasteiger partial charge in [0.15, 0.2) is 5.78 Å². The summed E-state index contributed by atoms with van der Waals surface area (Å²) in [5.41, 5.74) is 2.66. The minimum atomic E-state index is -0.504. The molecule has 0 bridgehead atoms. The molecule has 0 fully saturated rings. The maximum Gasteiger partial charge on any atom is 0.237 e. The van der Waals surface area contributed by atoms with E-state index >= 15 is 0 Å². The molecule has 1 amide bonds. The highest BCUT2D eigenvalue weighted by atomic mass is 32.2. The molecular weight excluding hydrogens is 390 g/mol. The van der Waals surface area contributed by atoms with Gasteiger partial charge >= 0.3 is 0 Å². The van der Waals surface area contributed by atoms with Crippen LogP contribution in [0.2, 0.25) is 0 Å². The molecule has 0 saturated carbocycles. The fourth-order valence-electron chi connectivity index (χ4n) is 2.71. The van der Waals surface area contributed by atoms with Crippen LogP contribution in [-0.2, 0) is 4.79 Å². The molecule has 150 valence electrons. The third-order valence-corrected chi connectivity index (χ3v) is 5.25. The number of amides is 1. The maximum absolute atomic E-state index is 12.7. The van der Waals surface area contributed by atoms with E-state index < -0.39 is 5.25 Å². The quantitative estimate of drug-likeness (QED) is 0.470. The third kappa shape index (κ3) is 4.62. The number of nitrogens with zero attached hydrogens (tertiary/aromatic N) is 4. The number of ketones is 1. The fraction of sp³-hybridized carbons (Fsp3) is 0.250. The van der Waals surface area contributed by atoms with E-state index in [0.717, 1.165) is 5.56 Å². The summed E-state index contributed by atoms with van der Waals surface area (Å²) >= 11 is 1.21. The van der Waals surface area contributed by atoms with Crippen LogP contribution in [0.4, 0.5) is 5.69 Å². The van der Waals surface area contributed by atoms with Gasteiger partial charge in [-0.15, -0.1) is 5.10 Å². The number of benzene rings is 2. The summed E-state index contributed by atoms with van der Waals surface area (Å²) in [7, 11) is 1.58. The van der Waals surface area contributed by atoms with Gasteiger partial charge in [0, 0.05) is 5.56 Å². The Hall–Kier alpha value is -3.20. The van der Waals surface area contributed by atoms with Gasteiger partial charge in [0.2, 0.25) is 11.1 Å². The molecule has 3 aromatic rings. The van der Waals surface area contributed by atoms with Crippen molar-refractivity contribution in [3.63, 3.8) is 0 Å². The first kappa shape index (κ1) is 20.5. The molecule has 0 aliphatic carbocycles. The lowest BCUT2D eigenvalue weighted by Crippen LogP contribution is -2.24. The normalized spacial score (nSPS) is 11.7. The zero-order valence-corrected chi connectivity index (χ0v) is 17.4. The number of tetrazole rings is 1. The van der Waals surface area contributed by atoms with E-state index in [1.807, 2.05) is 25.1 Å². The number of thioether (sulfide) groups is 1. The highest BCUT2D eigenvalue weighted by Crippen LogP contribution is 2.29. The molecule has 2 aromatic carbocycles. The summed E-state index contributed by atoms with van der Waals surface area (Å²) in [5.74, 6) is 0.253. The zero-order valence-electron chi connectivity index (χ0n) is 16.5. The first-order chi connectivity index (χ1) is 13.9. The number of nitrogens with one attached hydrogen (secondary N) is 1. The predicted octanol–water partition coefficient (Wildman–Crippen LogP) is 3.30. The van der Waals surface area contributed by atoms with Crippen LogP contribution in [0.3, 0.4) is 0 Å². The van der Waals surface area contributed by atoms with Crippen molar-refractivity contribution in [2.45, 2.75) is 31.2 Å². The summed E-state index contributed by atoms with van der Waals surface area (Å²) in [6.45, 7) is 5.18. The highest BCUT2D eigenvalue weighted by molar-refractivity contribution is 8.00. The largest absolute Gasteiger partial charge is 0.494 e. The minimum Gasteiger partial charge on any atom is -0.494 e. The Labute approximate surface area is 172 Å². The monoisotopic (exact) mass is 411 g/mol. The van der Waals surface area contributed by atoms with E-state index in [1.54, 1.807) is 43.0 Å². The van der Waals surface area contributed by atoms with Gasteiger partial charge in [-0.05, 0) is 61.0 Å². The smallest absolute Gasteiger partial charge is 0.237 e. The fourth-order valence-corrected chi connectivity index (χ4v) is 3.51. The average Bonchev–Trinajstić information content (AvgIpc) is 3.16. The van der Waals surface area contributed by atoms with Gasteiger partial charge in [0.25, 0.3) is 0 Å². The number of Topliss-reactive ketones (excluding diaryl/α,β-unsaturated/α-hetero) is 1. The molecule has 0 saturated heterocycles. The van der Waals surface area contributed by atoms with Crippen LogP contribution in [0, 0.1) is 6.92 Å². The summed E-state index contributed by atoms with van der Waals surface area (Å²) in [5, 5.41) is 14.6. The first-order valence-electron chi connectivity index (χ1n) is 8.91. The Morgan fingerprint density at radius 3 is 2.69 bits per heavy atom. The number of aryl methyl sites for hydroxylation is 1. The molecule has 0 radical (unpaired) electrons. The van der Waals surface area contributed by atoms with Crippen LogP contribution >= 0.6 is 11.8 Å². The second-order valence-corrected chi connectivity index (χ2v) is 7.71. The third-order valence-electron chi connectivity index (χ3n) is 4.22. The molecule has 9 heteroatoms. The first-order valence-corrected chi connectivity index (χ1v) is 9.79. The molecule has 1 atom stereocenters. The number of anilines is 1. The van der Waals surface area contributed by atoms with Gasteiger partial charge in [-0.25, -0.2) is 0 Å². The van der Waals surface area contributed by atoms with Crippen molar-refractivity contribution in [1.82, 2.24) is 20.2 Å². The number of para-hydroxylation sites is 1. The van der Waals surface area contributed by atoms with Crippen molar-refractivity contribution in [2.24, 2.45) is 0 Å². The van der Waals surface area contributed by atoms with Gasteiger partial charge in [-0.1, -0.05) is 30.0 Å². The summed E-state index contributed by atoms with van der Waals surface area (Å²) in [6.07, 6.45) is 0. The second kappa shape index (κ2) is 8.87. The molecule has 8 nitrogen and oxygen atoms in total. The Morgan fingerprint density at radius 2 is 1.97 bits per heavy atom. The average molecular weight is 411 g/mol. The second-order valence-electron chi connectivity index (χ2n) is 6.40. The lowest BCUT2D eigenvalue weighted by Gasteiger charge is -2.14. The van der Waals surface area contributed by atoms with Crippen molar-refractivity contribution >= 4 is 29.1 Å². The van der Waals surface area contributed by atoms with Crippen LogP contribution < -0.4 is 10.1 Å². The minimum absolute atomic E-state index is 0.114. The molecule has 3 rings (SSSR count). The number of hydrogen-bond acceptors (Lipinski definition) is 7. The Kier molecular flexibility index (Phi) is 6.28. The number of hydrogen-bond donors (Lipinski definition) is 1. The molecule has 29 heavy (non-hydrogen) atoms. The van der Waals surface area contributed by atoms with E-state index in [9.17, 15) is 9.59 Å². The van der Waals surface area contributed by atoms with Gasteiger partial charge in [-0.3, -0.25) is 9.59 Å². The number of carbonyl (C=O) groups excluding carboxylic acids is 2. The van der Waals surface area contributed by atoms with Crippen LogP contribution in [0.15, 0.2) is 47.6 Å². The van der Waals surface area contributed by atoms with E-state index in [-0.39, 0.29) is 11.7 Å². The summed E-state index contributed by atoms with van der Waals surface area (Å²) in [6, 6.07) is 12.6. The Balaban J connectivity index is 1.80. The van der Waals surface area contributed by atoms with Gasteiger partial charge < -0.3 is 10.1 Å². The topological polar surface area (TPSA) is 99.0 Å². The van der Waals surface area contributed by atoms with Crippen molar-refractivity contribution in [3.8, 4) is 11.4 Å². The Morgan fingerprint density at radius 1 is 1.21 bits per heavy atom. The molecule has 0 aliphatic heterocycles. The van der Waals surface area contributed by atoms with Crippen molar-refractivity contribution in [2.75, 3.05) is 12.4 Å². The molecule has 0 spiro atoms. The zero-order chi connectivity index (χ0) is 21.0. The standard InChI is InChI=1S/C20H21N5O3S/c1-12-9-10-18(28-4)17(11-12)25-20(22-23-24-25)29-14(3)19(27)21-16-8-6-5-7-15(16)13(2)26/h5-11,14H,1-4H3,(H,21,27)/t14-/m1/s1. The molecule has 0 unspecified atom stereocenters. The SMILES string of the molecule is COc1ccc(C)cc1-n1nnnc1S[C@H](C)C(=O)Nc1ccccc1C(C)=O. The van der Waals surface area contributed by atoms with Crippen LogP contribution in [0.5, 0.6) is 5.75 Å². The van der Waals surface area contributed by atoms with Gasteiger partial charge in [0.05, 0.1) is 18.0 Å². The molecule has 1 heterocycles. The number of ether oxygens (including phenoxy) is 1. The van der Waals surface area contributed by atoms with E-state index in [1.165, 1.54) is 18.7 Å². The number of aromatic nitrogens is 4. The summed E-state index contributed by atoms with van der Waals surface area (Å²) < 4.78 is 6.95. The number of methoxy groups -OCH3 is 1. The highest BCUT2D eigenvalue weighted by Gasteiger charge is 2.21. The van der Waals surface area contributed by atoms with Crippen LogP contribution in [0.1, 0.15) is 29.8 Å².